The molecule has 0 spiro atoms. The Kier molecular flexibility index (Phi) is 4.03. The molecule has 0 fully saturated rings. The van der Waals surface area contributed by atoms with E-state index in [1.165, 1.54) is 0 Å². The van der Waals surface area contributed by atoms with Crippen molar-refractivity contribution in [3.8, 4) is 0 Å². The summed E-state index contributed by atoms with van der Waals surface area (Å²) in [5.41, 5.74) is 2.25. The monoisotopic (exact) mass is 345 g/mol. The van der Waals surface area contributed by atoms with E-state index in [1.807, 2.05) is 41.1 Å². The molecular formula is C16H16BrN3O. The van der Waals surface area contributed by atoms with Gasteiger partial charge in [0.25, 0.3) is 0 Å². The van der Waals surface area contributed by atoms with Crippen LogP contribution in [0.3, 0.4) is 0 Å². The van der Waals surface area contributed by atoms with Crippen molar-refractivity contribution in [3.05, 3.63) is 58.5 Å². The molecular weight excluding hydrogens is 330 g/mol. The predicted molar refractivity (Wildman–Crippen MR) is 86.0 cm³/mol. The largest absolute Gasteiger partial charge is 0.380 e. The maximum absolute atomic E-state index is 10.7. The van der Waals surface area contributed by atoms with Crippen molar-refractivity contribution in [1.29, 1.82) is 0 Å². The lowest BCUT2D eigenvalue weighted by molar-refractivity contribution is 0.202. The van der Waals surface area contributed by atoms with E-state index in [9.17, 15) is 5.11 Å². The molecule has 0 saturated carbocycles. The molecule has 0 aliphatic rings. The Hall–Kier alpha value is -1.72. The maximum atomic E-state index is 10.7. The minimum absolute atomic E-state index is 0.617. The molecule has 0 aliphatic heterocycles. The quantitative estimate of drug-likeness (QED) is 0.784. The number of para-hydroxylation sites is 1. The number of nitrogens with zero attached hydrogens (tertiary/aromatic N) is 3. The number of aliphatic hydroxyl groups is 1. The van der Waals surface area contributed by atoms with Crippen molar-refractivity contribution in [2.45, 2.75) is 26.0 Å². The van der Waals surface area contributed by atoms with Crippen molar-refractivity contribution in [2.75, 3.05) is 0 Å². The Morgan fingerprint density at radius 1 is 1.29 bits per heavy atom. The number of rotatable bonds is 4. The molecule has 108 valence electrons. The SMILES string of the molecule is CCCn1nccc1C(O)c1nc2ccccc2cc1Br. The second kappa shape index (κ2) is 5.95. The summed E-state index contributed by atoms with van der Waals surface area (Å²) in [6.07, 6.45) is 1.88. The first kappa shape index (κ1) is 14.2. The molecule has 0 saturated heterocycles. The summed E-state index contributed by atoms with van der Waals surface area (Å²) in [6, 6.07) is 11.7. The van der Waals surface area contributed by atoms with Crippen LogP contribution in [0.5, 0.6) is 0 Å². The Balaban J connectivity index is 2.06. The van der Waals surface area contributed by atoms with Gasteiger partial charge < -0.3 is 5.11 Å². The fraction of sp³-hybridized carbons (Fsp3) is 0.250. The fourth-order valence-corrected chi connectivity index (χ4v) is 2.96. The van der Waals surface area contributed by atoms with Gasteiger partial charge in [0.15, 0.2) is 0 Å². The Morgan fingerprint density at radius 2 is 2.10 bits per heavy atom. The highest BCUT2D eigenvalue weighted by molar-refractivity contribution is 9.10. The Labute approximate surface area is 131 Å². The maximum Gasteiger partial charge on any atom is 0.139 e. The molecule has 2 aromatic heterocycles. The van der Waals surface area contributed by atoms with Crippen molar-refractivity contribution in [2.24, 2.45) is 0 Å². The standard InChI is InChI=1S/C16H16BrN3O/c1-2-9-20-14(7-8-18-20)16(21)15-12(17)10-11-5-3-4-6-13(11)19-15/h3-8,10,16,21H,2,9H2,1H3. The Morgan fingerprint density at radius 3 is 2.90 bits per heavy atom. The van der Waals surface area contributed by atoms with Crippen molar-refractivity contribution >= 4 is 26.8 Å². The third-order valence-electron chi connectivity index (χ3n) is 3.43. The number of fused-ring (bicyclic) bond motifs is 1. The van der Waals surface area contributed by atoms with Gasteiger partial charge in [-0.25, -0.2) is 4.98 Å². The molecule has 3 aromatic rings. The Bertz CT molecular complexity index is 769. The average molecular weight is 346 g/mol. The highest BCUT2D eigenvalue weighted by atomic mass is 79.9. The first-order valence-electron chi connectivity index (χ1n) is 6.95. The molecule has 1 atom stereocenters. The van der Waals surface area contributed by atoms with Crippen molar-refractivity contribution in [1.82, 2.24) is 14.8 Å². The second-order valence-electron chi connectivity index (χ2n) is 4.93. The zero-order valence-corrected chi connectivity index (χ0v) is 13.3. The fourth-order valence-electron chi connectivity index (χ4n) is 2.41. The zero-order valence-electron chi connectivity index (χ0n) is 11.7. The van der Waals surface area contributed by atoms with Crippen LogP contribution < -0.4 is 0 Å². The van der Waals surface area contributed by atoms with Gasteiger partial charge >= 0.3 is 0 Å². The van der Waals surface area contributed by atoms with Gasteiger partial charge in [-0.1, -0.05) is 25.1 Å². The van der Waals surface area contributed by atoms with Crippen LogP contribution in [0.2, 0.25) is 0 Å². The van der Waals surface area contributed by atoms with E-state index in [4.69, 9.17) is 0 Å². The second-order valence-corrected chi connectivity index (χ2v) is 5.78. The third kappa shape index (κ3) is 2.71. The lowest BCUT2D eigenvalue weighted by Gasteiger charge is -2.15. The van der Waals surface area contributed by atoms with Crippen molar-refractivity contribution < 1.29 is 5.11 Å². The zero-order chi connectivity index (χ0) is 14.8. The number of pyridine rings is 1. The third-order valence-corrected chi connectivity index (χ3v) is 4.06. The van der Waals surface area contributed by atoms with Gasteiger partial charge in [0.05, 0.1) is 16.9 Å². The molecule has 5 heteroatoms. The minimum Gasteiger partial charge on any atom is -0.380 e. The molecule has 0 amide bonds. The van der Waals surface area contributed by atoms with Crippen LogP contribution in [0.1, 0.15) is 30.8 Å². The van der Waals surface area contributed by atoms with Crippen molar-refractivity contribution in [3.63, 3.8) is 0 Å². The van der Waals surface area contributed by atoms with Crippen LogP contribution in [-0.2, 0) is 6.54 Å². The van der Waals surface area contributed by atoms with Crippen LogP contribution in [0.25, 0.3) is 10.9 Å². The summed E-state index contributed by atoms with van der Waals surface area (Å²) in [4.78, 5) is 4.59. The molecule has 1 unspecified atom stereocenters. The van der Waals surface area contributed by atoms with Crippen LogP contribution in [0, 0.1) is 0 Å². The number of aryl methyl sites for hydroxylation is 1. The highest BCUT2D eigenvalue weighted by Crippen LogP contribution is 2.29. The van der Waals surface area contributed by atoms with E-state index < -0.39 is 6.10 Å². The molecule has 4 nitrogen and oxygen atoms in total. The molecule has 3 rings (SSSR count). The van der Waals surface area contributed by atoms with Gasteiger partial charge in [0, 0.05) is 22.6 Å². The van der Waals surface area contributed by atoms with Crippen LogP contribution in [-0.4, -0.2) is 19.9 Å². The van der Waals surface area contributed by atoms with Crippen LogP contribution >= 0.6 is 15.9 Å². The summed E-state index contributed by atoms with van der Waals surface area (Å²) in [5, 5.41) is 16.0. The van der Waals surface area contributed by atoms with E-state index in [0.717, 1.165) is 34.0 Å². The smallest absolute Gasteiger partial charge is 0.139 e. The number of hydrogen-bond donors (Lipinski definition) is 1. The number of aliphatic hydroxyl groups excluding tert-OH is 1. The van der Waals surface area contributed by atoms with E-state index in [1.54, 1.807) is 6.20 Å². The lowest BCUT2D eigenvalue weighted by Crippen LogP contribution is -2.11. The van der Waals surface area contributed by atoms with Gasteiger partial charge in [-0.05, 0) is 40.5 Å². The summed E-state index contributed by atoms with van der Waals surface area (Å²) in [6.45, 7) is 2.87. The summed E-state index contributed by atoms with van der Waals surface area (Å²) in [7, 11) is 0. The van der Waals surface area contributed by atoms with Gasteiger partial charge in [-0.2, -0.15) is 5.10 Å². The molecule has 1 N–H and O–H groups in total. The number of hydrogen-bond acceptors (Lipinski definition) is 3. The first-order valence-corrected chi connectivity index (χ1v) is 7.75. The normalized spacial score (nSPS) is 12.7. The average Bonchev–Trinajstić information content (AvgIpc) is 2.94. The number of halogens is 1. The van der Waals surface area contributed by atoms with Crippen LogP contribution in [0.4, 0.5) is 0 Å². The lowest BCUT2D eigenvalue weighted by atomic mass is 10.1. The molecule has 1 aromatic carbocycles. The summed E-state index contributed by atoms with van der Waals surface area (Å²) < 4.78 is 2.63. The summed E-state index contributed by atoms with van der Waals surface area (Å²) in [5.74, 6) is 0. The first-order chi connectivity index (χ1) is 10.2. The number of benzene rings is 1. The van der Waals surface area contributed by atoms with Gasteiger partial charge in [0.2, 0.25) is 0 Å². The van der Waals surface area contributed by atoms with E-state index >= 15 is 0 Å². The van der Waals surface area contributed by atoms with Gasteiger partial charge in [0.1, 0.15) is 6.10 Å². The van der Waals surface area contributed by atoms with E-state index in [0.29, 0.717) is 5.69 Å². The topological polar surface area (TPSA) is 50.9 Å². The molecule has 0 bridgehead atoms. The van der Waals surface area contributed by atoms with Gasteiger partial charge in [-0.3, -0.25) is 4.68 Å². The highest BCUT2D eigenvalue weighted by Gasteiger charge is 2.19. The predicted octanol–water partition coefficient (Wildman–Crippen LogP) is 3.69. The molecule has 0 radical (unpaired) electrons. The summed E-state index contributed by atoms with van der Waals surface area (Å²) >= 11 is 3.51. The van der Waals surface area contributed by atoms with E-state index in [2.05, 4.69) is 32.9 Å². The molecule has 21 heavy (non-hydrogen) atoms. The molecule has 2 heterocycles. The van der Waals surface area contributed by atoms with Crippen LogP contribution in [0.15, 0.2) is 47.1 Å². The number of aromatic nitrogens is 3. The minimum atomic E-state index is -0.793. The van der Waals surface area contributed by atoms with E-state index in [-0.39, 0.29) is 0 Å². The van der Waals surface area contributed by atoms with Gasteiger partial charge in [-0.15, -0.1) is 0 Å². The molecule has 0 aliphatic carbocycles.